The Morgan fingerprint density at radius 3 is 2.50 bits per heavy atom. The summed E-state index contributed by atoms with van der Waals surface area (Å²) in [4.78, 5) is 4.05. The van der Waals surface area contributed by atoms with Crippen LogP contribution in [0.3, 0.4) is 0 Å². The second-order valence-electron chi connectivity index (χ2n) is 4.32. The molecule has 1 aromatic heterocycles. The largest absolute Gasteiger partial charge is 0.419 e. The van der Waals surface area contributed by atoms with E-state index in [1.54, 1.807) is 24.9 Å². The molecule has 0 saturated carbocycles. The average molecular weight is 287 g/mol. The van der Waals surface area contributed by atoms with E-state index in [1.165, 1.54) is 18.3 Å². The van der Waals surface area contributed by atoms with E-state index in [2.05, 4.69) is 10.3 Å². The van der Waals surface area contributed by atoms with Crippen LogP contribution < -0.4 is 5.32 Å². The van der Waals surface area contributed by atoms with Gasteiger partial charge in [0.2, 0.25) is 0 Å². The van der Waals surface area contributed by atoms with E-state index >= 15 is 0 Å². The molecule has 0 spiro atoms. The van der Waals surface area contributed by atoms with Crippen molar-refractivity contribution in [3.63, 3.8) is 0 Å². The molecule has 1 heterocycles. The number of aromatic nitrogens is 2. The Balaban J connectivity index is 2.54. The van der Waals surface area contributed by atoms with Gasteiger partial charge < -0.3 is 9.88 Å². The zero-order valence-corrected chi connectivity index (χ0v) is 10.9. The summed E-state index contributed by atoms with van der Waals surface area (Å²) >= 11 is 0. The van der Waals surface area contributed by atoms with Gasteiger partial charge in [-0.25, -0.2) is 9.37 Å². The maximum atomic E-state index is 14.1. The van der Waals surface area contributed by atoms with Crippen molar-refractivity contribution >= 4 is 0 Å². The van der Waals surface area contributed by atoms with E-state index in [9.17, 15) is 17.6 Å². The molecule has 1 atom stereocenters. The Morgan fingerprint density at radius 1 is 1.30 bits per heavy atom. The zero-order valence-electron chi connectivity index (χ0n) is 10.9. The zero-order chi connectivity index (χ0) is 14.9. The SMILES string of the molecule is CNC(c1cccc(C(F)(F)F)c1F)c1nccn1C. The first-order valence-corrected chi connectivity index (χ1v) is 5.86. The Hall–Kier alpha value is -1.89. The van der Waals surface area contributed by atoms with Gasteiger partial charge in [-0.2, -0.15) is 13.2 Å². The van der Waals surface area contributed by atoms with E-state index in [0.29, 0.717) is 5.82 Å². The van der Waals surface area contributed by atoms with Crippen molar-refractivity contribution in [1.82, 2.24) is 14.9 Å². The number of imidazole rings is 1. The lowest BCUT2D eigenvalue weighted by molar-refractivity contribution is -0.140. The van der Waals surface area contributed by atoms with Crippen molar-refractivity contribution in [2.24, 2.45) is 7.05 Å². The summed E-state index contributed by atoms with van der Waals surface area (Å²) in [5, 5.41) is 2.79. The van der Waals surface area contributed by atoms with Gasteiger partial charge in [0.1, 0.15) is 11.6 Å². The van der Waals surface area contributed by atoms with Crippen LogP contribution in [0.4, 0.5) is 17.6 Å². The van der Waals surface area contributed by atoms with Gasteiger partial charge in [-0.15, -0.1) is 0 Å². The first-order valence-electron chi connectivity index (χ1n) is 5.86. The van der Waals surface area contributed by atoms with Gasteiger partial charge in [-0.3, -0.25) is 0 Å². The van der Waals surface area contributed by atoms with Gasteiger partial charge in [0, 0.05) is 25.0 Å². The maximum Gasteiger partial charge on any atom is 0.419 e. The monoisotopic (exact) mass is 287 g/mol. The van der Waals surface area contributed by atoms with Gasteiger partial charge in [0.15, 0.2) is 0 Å². The molecule has 0 aliphatic carbocycles. The third kappa shape index (κ3) is 2.53. The number of rotatable bonds is 3. The van der Waals surface area contributed by atoms with Gasteiger partial charge in [-0.1, -0.05) is 12.1 Å². The molecule has 108 valence electrons. The Bertz CT molecular complexity index is 604. The van der Waals surface area contributed by atoms with Crippen molar-refractivity contribution in [3.8, 4) is 0 Å². The molecule has 0 aliphatic rings. The predicted octanol–water partition coefficient (Wildman–Crippen LogP) is 2.89. The van der Waals surface area contributed by atoms with Gasteiger partial charge in [-0.05, 0) is 13.1 Å². The Morgan fingerprint density at radius 2 is 2.00 bits per heavy atom. The fraction of sp³-hybridized carbons (Fsp3) is 0.308. The molecule has 0 radical (unpaired) electrons. The van der Waals surface area contributed by atoms with Crippen molar-refractivity contribution in [2.45, 2.75) is 12.2 Å². The van der Waals surface area contributed by atoms with E-state index < -0.39 is 23.6 Å². The van der Waals surface area contributed by atoms with Crippen LogP contribution in [0, 0.1) is 5.82 Å². The standard InChI is InChI=1S/C13H13F4N3/c1-18-11(12-19-6-7-20(12)2)8-4-3-5-9(10(8)14)13(15,16)17/h3-7,11,18H,1-2H3. The van der Waals surface area contributed by atoms with Gasteiger partial charge in [0.25, 0.3) is 0 Å². The highest BCUT2D eigenvalue weighted by molar-refractivity contribution is 5.33. The molecular weight excluding hydrogens is 274 g/mol. The lowest BCUT2D eigenvalue weighted by Gasteiger charge is -2.19. The van der Waals surface area contributed by atoms with Crippen LogP contribution in [-0.4, -0.2) is 16.6 Å². The minimum atomic E-state index is -4.72. The van der Waals surface area contributed by atoms with Crippen LogP contribution in [-0.2, 0) is 13.2 Å². The summed E-state index contributed by atoms with van der Waals surface area (Å²) in [6, 6.07) is 2.48. The van der Waals surface area contributed by atoms with Crippen LogP contribution in [0.1, 0.15) is 23.0 Å². The van der Waals surface area contributed by atoms with Crippen molar-refractivity contribution in [2.75, 3.05) is 7.05 Å². The van der Waals surface area contributed by atoms with E-state index in [-0.39, 0.29) is 5.56 Å². The number of alkyl halides is 3. The Labute approximate surface area is 113 Å². The lowest BCUT2D eigenvalue weighted by atomic mass is 10.0. The van der Waals surface area contributed by atoms with Crippen molar-refractivity contribution in [1.29, 1.82) is 0 Å². The van der Waals surface area contributed by atoms with E-state index in [1.807, 2.05) is 0 Å². The molecule has 2 rings (SSSR count). The molecule has 2 aromatic rings. The highest BCUT2D eigenvalue weighted by Crippen LogP contribution is 2.34. The Kier molecular flexibility index (Phi) is 3.80. The summed E-state index contributed by atoms with van der Waals surface area (Å²) in [6.45, 7) is 0. The fourth-order valence-corrected chi connectivity index (χ4v) is 2.07. The minimum absolute atomic E-state index is 0.0865. The van der Waals surface area contributed by atoms with Crippen molar-refractivity contribution < 1.29 is 17.6 Å². The molecule has 0 aliphatic heterocycles. The maximum absolute atomic E-state index is 14.1. The van der Waals surface area contributed by atoms with Gasteiger partial charge in [0.05, 0.1) is 11.6 Å². The quantitative estimate of drug-likeness (QED) is 0.880. The molecule has 1 aromatic carbocycles. The number of nitrogens with zero attached hydrogens (tertiary/aromatic N) is 2. The molecule has 0 fully saturated rings. The minimum Gasteiger partial charge on any atom is -0.336 e. The summed E-state index contributed by atoms with van der Waals surface area (Å²) < 4.78 is 54.0. The molecule has 1 N–H and O–H groups in total. The highest BCUT2D eigenvalue weighted by atomic mass is 19.4. The van der Waals surface area contributed by atoms with Crippen LogP contribution in [0.5, 0.6) is 0 Å². The molecule has 0 saturated heterocycles. The van der Waals surface area contributed by atoms with Crippen LogP contribution in [0.15, 0.2) is 30.6 Å². The number of nitrogens with one attached hydrogen (secondary N) is 1. The van der Waals surface area contributed by atoms with E-state index in [4.69, 9.17) is 0 Å². The second kappa shape index (κ2) is 5.24. The third-order valence-electron chi connectivity index (χ3n) is 3.05. The lowest BCUT2D eigenvalue weighted by Crippen LogP contribution is -2.23. The normalized spacial score (nSPS) is 13.5. The van der Waals surface area contributed by atoms with Crippen molar-refractivity contribution in [3.05, 3.63) is 53.4 Å². The molecular formula is C13H13F4N3. The molecule has 3 nitrogen and oxygen atoms in total. The summed E-state index contributed by atoms with van der Waals surface area (Å²) in [5.74, 6) is -0.840. The number of benzene rings is 1. The van der Waals surface area contributed by atoms with Gasteiger partial charge >= 0.3 is 6.18 Å². The van der Waals surface area contributed by atoms with Crippen LogP contribution >= 0.6 is 0 Å². The van der Waals surface area contributed by atoms with Crippen LogP contribution in [0.25, 0.3) is 0 Å². The number of hydrogen-bond donors (Lipinski definition) is 1. The van der Waals surface area contributed by atoms with E-state index in [0.717, 1.165) is 6.07 Å². The highest BCUT2D eigenvalue weighted by Gasteiger charge is 2.36. The molecule has 7 heteroatoms. The molecule has 0 bridgehead atoms. The smallest absolute Gasteiger partial charge is 0.336 e. The predicted molar refractivity (Wildman–Crippen MR) is 65.5 cm³/mol. The third-order valence-corrected chi connectivity index (χ3v) is 3.05. The number of aryl methyl sites for hydroxylation is 1. The molecule has 1 unspecified atom stereocenters. The number of halogens is 4. The summed E-state index contributed by atoms with van der Waals surface area (Å²) in [7, 11) is 3.23. The summed E-state index contributed by atoms with van der Waals surface area (Å²) in [6.07, 6.45) is -1.57. The first-order chi connectivity index (χ1) is 9.36. The molecule has 20 heavy (non-hydrogen) atoms. The fourth-order valence-electron chi connectivity index (χ4n) is 2.07. The van der Waals surface area contributed by atoms with Crippen LogP contribution in [0.2, 0.25) is 0 Å². The second-order valence-corrected chi connectivity index (χ2v) is 4.32. The number of hydrogen-bond acceptors (Lipinski definition) is 2. The summed E-state index contributed by atoms with van der Waals surface area (Å²) in [5.41, 5.74) is -1.36. The topological polar surface area (TPSA) is 29.9 Å². The average Bonchev–Trinajstić information content (AvgIpc) is 2.77. The molecule has 0 amide bonds. The first kappa shape index (κ1) is 14.5.